The van der Waals surface area contributed by atoms with E-state index >= 15 is 0 Å². The molecule has 0 unspecified atom stereocenters. The van der Waals surface area contributed by atoms with Crippen LogP contribution in [0, 0.1) is 0 Å². The normalized spacial score (nSPS) is 11.3. The molecule has 0 saturated heterocycles. The topological polar surface area (TPSA) is 21.3 Å². The van der Waals surface area contributed by atoms with Gasteiger partial charge in [0.05, 0.1) is 6.10 Å². The maximum absolute atomic E-state index is 5.76. The Bertz CT molecular complexity index is 458. The van der Waals surface area contributed by atoms with E-state index in [0.717, 1.165) is 18.8 Å². The number of hydrogen-bond donors (Lipinski definition) is 1. The van der Waals surface area contributed by atoms with Crippen molar-refractivity contribution in [1.29, 1.82) is 0 Å². The van der Waals surface area contributed by atoms with E-state index in [1.165, 1.54) is 95.5 Å². The van der Waals surface area contributed by atoms with Crippen LogP contribution in [0.5, 0.6) is 5.75 Å². The number of unbranched alkanes of at least 4 members (excludes halogenated alkanes) is 13. The lowest BCUT2D eigenvalue weighted by Crippen LogP contribution is -2.14. The van der Waals surface area contributed by atoms with Gasteiger partial charge in [0.25, 0.3) is 0 Å². The molecule has 0 bridgehead atoms. The number of hydrogen-bond acceptors (Lipinski definition) is 2. The van der Waals surface area contributed by atoms with E-state index < -0.39 is 0 Å². The van der Waals surface area contributed by atoms with E-state index in [4.69, 9.17) is 4.74 Å². The molecule has 1 N–H and O–H groups in total. The first-order chi connectivity index (χ1) is 13.7. The zero-order chi connectivity index (χ0) is 20.3. The fourth-order valence-electron chi connectivity index (χ4n) is 3.68. The maximum Gasteiger partial charge on any atom is 0.120 e. The molecule has 0 radical (unpaired) electrons. The van der Waals surface area contributed by atoms with Crippen LogP contribution >= 0.6 is 0 Å². The third kappa shape index (κ3) is 15.0. The van der Waals surface area contributed by atoms with E-state index in [9.17, 15) is 0 Å². The van der Waals surface area contributed by atoms with Crippen LogP contribution in [0.2, 0.25) is 0 Å². The largest absolute Gasteiger partial charge is 0.491 e. The van der Waals surface area contributed by atoms with Gasteiger partial charge in [0.15, 0.2) is 0 Å². The van der Waals surface area contributed by atoms with E-state index in [0.29, 0.717) is 0 Å². The molecule has 0 heterocycles. The van der Waals surface area contributed by atoms with Gasteiger partial charge in [-0.05, 0) is 44.5 Å². The summed E-state index contributed by atoms with van der Waals surface area (Å²) < 4.78 is 5.76. The lowest BCUT2D eigenvalue weighted by Gasteiger charge is -2.11. The Balaban J connectivity index is 1.84. The van der Waals surface area contributed by atoms with E-state index in [-0.39, 0.29) is 6.10 Å². The van der Waals surface area contributed by atoms with Crippen LogP contribution < -0.4 is 10.1 Å². The molecule has 1 aromatic carbocycles. The summed E-state index contributed by atoms with van der Waals surface area (Å²) >= 11 is 0. The van der Waals surface area contributed by atoms with Crippen LogP contribution in [0.3, 0.4) is 0 Å². The highest BCUT2D eigenvalue weighted by Crippen LogP contribution is 2.15. The minimum Gasteiger partial charge on any atom is -0.491 e. The van der Waals surface area contributed by atoms with Gasteiger partial charge in [0.2, 0.25) is 0 Å². The van der Waals surface area contributed by atoms with E-state index in [1.54, 1.807) is 0 Å². The predicted octanol–water partition coefficient (Wildman–Crippen LogP) is 8.04. The van der Waals surface area contributed by atoms with Crippen LogP contribution in [0.15, 0.2) is 24.3 Å². The van der Waals surface area contributed by atoms with Crippen molar-refractivity contribution in [2.45, 2.75) is 123 Å². The van der Waals surface area contributed by atoms with Gasteiger partial charge in [-0.2, -0.15) is 0 Å². The second kappa shape index (κ2) is 18.0. The molecule has 0 atom stereocenters. The molecule has 162 valence electrons. The summed E-state index contributed by atoms with van der Waals surface area (Å²) in [6.45, 7) is 8.49. The van der Waals surface area contributed by atoms with Gasteiger partial charge in [-0.25, -0.2) is 0 Å². The van der Waals surface area contributed by atoms with Crippen LogP contribution in [0.1, 0.15) is 116 Å². The van der Waals surface area contributed by atoms with Crippen molar-refractivity contribution >= 4 is 0 Å². The average Bonchev–Trinajstić information content (AvgIpc) is 2.67. The molecule has 0 spiro atoms. The number of ether oxygens (including phenoxy) is 1. The first-order valence-corrected chi connectivity index (χ1v) is 12.2. The Morgan fingerprint density at radius 2 is 1.29 bits per heavy atom. The molecule has 2 heteroatoms. The summed E-state index contributed by atoms with van der Waals surface area (Å²) in [4.78, 5) is 0. The Hall–Kier alpha value is -1.02. The molecule has 0 amide bonds. The predicted molar refractivity (Wildman–Crippen MR) is 124 cm³/mol. The monoisotopic (exact) mass is 389 g/mol. The summed E-state index contributed by atoms with van der Waals surface area (Å²) in [7, 11) is 0. The molecule has 0 aliphatic heterocycles. The summed E-state index contributed by atoms with van der Waals surface area (Å²) in [5.41, 5.74) is 1.31. The van der Waals surface area contributed by atoms with Gasteiger partial charge >= 0.3 is 0 Å². The van der Waals surface area contributed by atoms with Crippen molar-refractivity contribution in [2.75, 3.05) is 6.54 Å². The van der Waals surface area contributed by atoms with Crippen molar-refractivity contribution < 1.29 is 4.74 Å². The summed E-state index contributed by atoms with van der Waals surface area (Å²) in [5.74, 6) is 0.978. The third-order valence-corrected chi connectivity index (χ3v) is 5.31. The van der Waals surface area contributed by atoms with Gasteiger partial charge < -0.3 is 10.1 Å². The van der Waals surface area contributed by atoms with Crippen LogP contribution in [0.4, 0.5) is 0 Å². The fourth-order valence-corrected chi connectivity index (χ4v) is 3.68. The van der Waals surface area contributed by atoms with E-state index in [2.05, 4.69) is 44.3 Å². The average molecular weight is 390 g/mol. The molecule has 0 aromatic heterocycles. The number of benzene rings is 1. The summed E-state index contributed by atoms with van der Waals surface area (Å²) in [6, 6.07) is 8.45. The summed E-state index contributed by atoms with van der Waals surface area (Å²) in [5, 5.41) is 3.57. The second-order valence-corrected chi connectivity index (χ2v) is 8.59. The SMILES string of the molecule is CCCCCCCCCCCCCCCCNCc1cccc(OC(C)C)c1. The van der Waals surface area contributed by atoms with Crippen molar-refractivity contribution in [3.63, 3.8) is 0 Å². The minimum absolute atomic E-state index is 0.235. The Morgan fingerprint density at radius 3 is 1.82 bits per heavy atom. The highest BCUT2D eigenvalue weighted by Gasteiger charge is 1.99. The number of rotatable bonds is 19. The van der Waals surface area contributed by atoms with Gasteiger partial charge in [-0.15, -0.1) is 0 Å². The first kappa shape index (κ1) is 25.0. The van der Waals surface area contributed by atoms with Gasteiger partial charge in [-0.3, -0.25) is 0 Å². The minimum atomic E-state index is 0.235. The second-order valence-electron chi connectivity index (χ2n) is 8.59. The fraction of sp³-hybridized carbons (Fsp3) is 0.769. The van der Waals surface area contributed by atoms with Crippen molar-refractivity contribution in [2.24, 2.45) is 0 Å². The molecule has 2 nitrogen and oxygen atoms in total. The lowest BCUT2D eigenvalue weighted by molar-refractivity contribution is 0.242. The molecular formula is C26H47NO. The summed E-state index contributed by atoms with van der Waals surface area (Å²) in [6.07, 6.45) is 20.1. The van der Waals surface area contributed by atoms with Gasteiger partial charge in [-0.1, -0.05) is 103 Å². The van der Waals surface area contributed by atoms with Crippen molar-refractivity contribution in [3.8, 4) is 5.75 Å². The van der Waals surface area contributed by atoms with Crippen LogP contribution in [-0.4, -0.2) is 12.6 Å². The van der Waals surface area contributed by atoms with Gasteiger partial charge in [0, 0.05) is 6.54 Å². The Morgan fingerprint density at radius 1 is 0.750 bits per heavy atom. The molecule has 0 aliphatic rings. The van der Waals surface area contributed by atoms with Crippen LogP contribution in [-0.2, 0) is 6.54 Å². The number of nitrogens with one attached hydrogen (secondary N) is 1. The van der Waals surface area contributed by atoms with Crippen molar-refractivity contribution in [3.05, 3.63) is 29.8 Å². The standard InChI is InChI=1S/C26H47NO/c1-4-5-6-7-8-9-10-11-12-13-14-15-16-17-21-27-23-25-19-18-20-26(22-25)28-24(2)3/h18-20,22,24,27H,4-17,21,23H2,1-3H3. The van der Waals surface area contributed by atoms with Crippen LogP contribution in [0.25, 0.3) is 0 Å². The smallest absolute Gasteiger partial charge is 0.120 e. The zero-order valence-electron chi connectivity index (χ0n) is 19.1. The lowest BCUT2D eigenvalue weighted by atomic mass is 10.0. The molecular weight excluding hydrogens is 342 g/mol. The highest BCUT2D eigenvalue weighted by molar-refractivity contribution is 5.28. The van der Waals surface area contributed by atoms with Crippen molar-refractivity contribution in [1.82, 2.24) is 5.32 Å². The maximum atomic E-state index is 5.76. The molecule has 0 saturated carbocycles. The molecule has 0 fully saturated rings. The quantitative estimate of drug-likeness (QED) is 0.242. The molecule has 28 heavy (non-hydrogen) atoms. The molecule has 0 aliphatic carbocycles. The Kier molecular flexibility index (Phi) is 16.1. The van der Waals surface area contributed by atoms with Gasteiger partial charge in [0.1, 0.15) is 5.75 Å². The third-order valence-electron chi connectivity index (χ3n) is 5.31. The van der Waals surface area contributed by atoms with E-state index in [1.807, 2.05) is 6.07 Å². The highest BCUT2D eigenvalue weighted by atomic mass is 16.5. The molecule has 1 aromatic rings. The Labute approximate surface area is 175 Å². The zero-order valence-corrected chi connectivity index (χ0v) is 19.1. The molecule has 1 rings (SSSR count). The first-order valence-electron chi connectivity index (χ1n) is 12.2.